The molecule has 0 amide bonds. The molecule has 196 valence electrons. The van der Waals surface area contributed by atoms with Gasteiger partial charge in [0.1, 0.15) is 18.1 Å². The predicted molar refractivity (Wildman–Crippen MR) is 153 cm³/mol. The number of para-hydroxylation sites is 1. The Labute approximate surface area is 229 Å². The highest BCUT2D eigenvalue weighted by molar-refractivity contribution is 8.16. The fraction of sp³-hybridized carbons (Fsp3) is 0.276. The lowest BCUT2D eigenvalue weighted by Crippen LogP contribution is -2.25. The van der Waals surface area contributed by atoms with Crippen LogP contribution in [0.4, 0.5) is 0 Å². The molecule has 1 aliphatic heterocycles. The summed E-state index contributed by atoms with van der Waals surface area (Å²) in [6, 6.07) is 22.1. The lowest BCUT2D eigenvalue weighted by atomic mass is 10.2. The van der Waals surface area contributed by atoms with Gasteiger partial charge in [-0.25, -0.2) is 9.78 Å². The molecular formula is C29H28N2O5S2. The van der Waals surface area contributed by atoms with E-state index in [1.165, 1.54) is 28.1 Å². The summed E-state index contributed by atoms with van der Waals surface area (Å²) in [5, 5.41) is 0.480. The molecule has 0 radical (unpaired) electrons. The average Bonchev–Trinajstić information content (AvgIpc) is 2.96. The molecule has 38 heavy (non-hydrogen) atoms. The van der Waals surface area contributed by atoms with Crippen molar-refractivity contribution in [1.82, 2.24) is 9.55 Å². The number of ether oxygens (including phenoxy) is 3. The van der Waals surface area contributed by atoms with E-state index in [0.29, 0.717) is 45.1 Å². The Balaban J connectivity index is 1.28. The monoisotopic (exact) mass is 548 g/mol. The van der Waals surface area contributed by atoms with Crippen molar-refractivity contribution in [3.05, 3.63) is 94.5 Å². The molecule has 0 unspecified atom stereocenters. The molecule has 1 fully saturated rings. The van der Waals surface area contributed by atoms with Crippen LogP contribution in [0.25, 0.3) is 16.6 Å². The summed E-state index contributed by atoms with van der Waals surface area (Å²) in [7, 11) is 0. The highest BCUT2D eigenvalue weighted by Crippen LogP contribution is 2.43. The maximum atomic E-state index is 13.4. The number of nitrogens with zero attached hydrogens (tertiary/aromatic N) is 2. The van der Waals surface area contributed by atoms with Crippen molar-refractivity contribution in [2.45, 2.75) is 24.5 Å². The van der Waals surface area contributed by atoms with Gasteiger partial charge in [-0.2, -0.15) is 0 Å². The Morgan fingerprint density at radius 2 is 1.63 bits per heavy atom. The van der Waals surface area contributed by atoms with Crippen molar-refractivity contribution in [1.29, 1.82) is 0 Å². The molecular weight excluding hydrogens is 520 g/mol. The topological polar surface area (TPSA) is 79.7 Å². The van der Waals surface area contributed by atoms with E-state index in [4.69, 9.17) is 14.2 Å². The molecule has 1 aromatic heterocycles. The second kappa shape index (κ2) is 12.4. The van der Waals surface area contributed by atoms with Gasteiger partial charge < -0.3 is 14.2 Å². The van der Waals surface area contributed by atoms with Crippen LogP contribution in [0.1, 0.15) is 29.3 Å². The van der Waals surface area contributed by atoms with Crippen LogP contribution >= 0.6 is 23.5 Å². The number of carbonyl (C=O) groups excluding carboxylic acids is 1. The number of hydrogen-bond donors (Lipinski definition) is 0. The molecule has 1 aliphatic rings. The van der Waals surface area contributed by atoms with Gasteiger partial charge in [0.15, 0.2) is 12.4 Å². The predicted octanol–water partition coefficient (Wildman–Crippen LogP) is 5.78. The number of esters is 1. The number of aromatic nitrogens is 2. The first kappa shape index (κ1) is 26.2. The Morgan fingerprint density at radius 1 is 0.947 bits per heavy atom. The first-order valence-electron chi connectivity index (χ1n) is 12.5. The van der Waals surface area contributed by atoms with E-state index >= 15 is 0 Å². The van der Waals surface area contributed by atoms with Crippen LogP contribution in [-0.2, 0) is 16.1 Å². The standard InChI is InChI=1S/C29H28N2O5S2/c1-2-34-22-14-10-21(11-15-22)31-26(30-25-7-4-3-6-24(25)28(31)33)18-36-27(32)19-35-23-12-8-20(9-13-23)29-37-16-5-17-38-29/h3-4,6-15,29H,2,5,16-19H2,1H3. The molecule has 3 aromatic carbocycles. The van der Waals surface area contributed by atoms with Gasteiger partial charge in [-0.1, -0.05) is 24.3 Å². The molecule has 0 atom stereocenters. The van der Waals surface area contributed by atoms with Gasteiger partial charge in [0.05, 0.1) is 27.8 Å². The third kappa shape index (κ3) is 6.16. The third-order valence-electron chi connectivity index (χ3n) is 5.95. The molecule has 9 heteroatoms. The average molecular weight is 549 g/mol. The van der Waals surface area contributed by atoms with Crippen molar-refractivity contribution in [2.75, 3.05) is 24.7 Å². The van der Waals surface area contributed by atoms with Gasteiger partial charge in [0.2, 0.25) is 0 Å². The van der Waals surface area contributed by atoms with Crippen LogP contribution in [-0.4, -0.2) is 40.2 Å². The molecule has 7 nitrogen and oxygen atoms in total. The van der Waals surface area contributed by atoms with E-state index in [1.54, 1.807) is 42.5 Å². The molecule has 5 rings (SSSR count). The van der Waals surface area contributed by atoms with Crippen molar-refractivity contribution in [2.24, 2.45) is 0 Å². The zero-order valence-electron chi connectivity index (χ0n) is 21.0. The summed E-state index contributed by atoms with van der Waals surface area (Å²) in [6.45, 7) is 2.03. The van der Waals surface area contributed by atoms with Crippen LogP contribution in [0, 0.1) is 0 Å². The quantitative estimate of drug-likeness (QED) is 0.244. The number of benzene rings is 3. The normalized spacial score (nSPS) is 13.8. The van der Waals surface area contributed by atoms with Gasteiger partial charge >= 0.3 is 5.97 Å². The number of fused-ring (bicyclic) bond motifs is 1. The van der Waals surface area contributed by atoms with E-state index in [0.717, 1.165) is 0 Å². The zero-order chi connectivity index (χ0) is 26.3. The smallest absolute Gasteiger partial charge is 0.344 e. The summed E-state index contributed by atoms with van der Waals surface area (Å²) in [6.07, 6.45) is 1.25. The Bertz CT molecular complexity index is 1450. The minimum Gasteiger partial charge on any atom is -0.494 e. The Kier molecular flexibility index (Phi) is 8.55. The Morgan fingerprint density at radius 3 is 2.37 bits per heavy atom. The van der Waals surface area contributed by atoms with Crippen molar-refractivity contribution in [3.8, 4) is 17.2 Å². The molecule has 0 spiro atoms. The lowest BCUT2D eigenvalue weighted by molar-refractivity contribution is -0.147. The molecule has 0 N–H and O–H groups in total. The number of rotatable bonds is 9. The minimum absolute atomic E-state index is 0.176. The molecule has 2 heterocycles. The van der Waals surface area contributed by atoms with Crippen LogP contribution in [0.2, 0.25) is 0 Å². The summed E-state index contributed by atoms with van der Waals surface area (Å²) in [5.74, 6) is 3.44. The lowest BCUT2D eigenvalue weighted by Gasteiger charge is -2.21. The van der Waals surface area contributed by atoms with Gasteiger partial charge in [-0.15, -0.1) is 23.5 Å². The maximum Gasteiger partial charge on any atom is 0.344 e. The van der Waals surface area contributed by atoms with Gasteiger partial charge in [-0.3, -0.25) is 9.36 Å². The van der Waals surface area contributed by atoms with E-state index in [-0.39, 0.29) is 18.8 Å². The molecule has 0 aliphatic carbocycles. The van der Waals surface area contributed by atoms with E-state index in [9.17, 15) is 9.59 Å². The Hall–Kier alpha value is -3.43. The highest BCUT2D eigenvalue weighted by Gasteiger charge is 2.17. The number of carbonyl (C=O) groups is 1. The van der Waals surface area contributed by atoms with Crippen LogP contribution in [0.5, 0.6) is 11.5 Å². The van der Waals surface area contributed by atoms with Gasteiger partial charge in [0.25, 0.3) is 5.56 Å². The summed E-state index contributed by atoms with van der Waals surface area (Å²) in [4.78, 5) is 30.5. The second-order valence-corrected chi connectivity index (χ2v) is 11.3. The van der Waals surface area contributed by atoms with Crippen molar-refractivity contribution >= 4 is 40.4 Å². The first-order valence-corrected chi connectivity index (χ1v) is 14.6. The third-order valence-corrected chi connectivity index (χ3v) is 8.96. The van der Waals surface area contributed by atoms with E-state index in [1.807, 2.05) is 60.8 Å². The van der Waals surface area contributed by atoms with Gasteiger partial charge in [0, 0.05) is 0 Å². The fourth-order valence-electron chi connectivity index (χ4n) is 4.13. The van der Waals surface area contributed by atoms with Crippen molar-refractivity contribution in [3.63, 3.8) is 0 Å². The number of hydrogen-bond acceptors (Lipinski definition) is 8. The molecule has 1 saturated heterocycles. The highest BCUT2D eigenvalue weighted by atomic mass is 32.2. The van der Waals surface area contributed by atoms with Gasteiger partial charge in [-0.05, 0) is 78.9 Å². The minimum atomic E-state index is -0.548. The van der Waals surface area contributed by atoms with E-state index < -0.39 is 5.97 Å². The van der Waals surface area contributed by atoms with Crippen LogP contribution < -0.4 is 15.0 Å². The molecule has 0 saturated carbocycles. The maximum absolute atomic E-state index is 13.4. The summed E-state index contributed by atoms with van der Waals surface area (Å²) >= 11 is 3.92. The van der Waals surface area contributed by atoms with E-state index in [2.05, 4.69) is 4.98 Å². The summed E-state index contributed by atoms with van der Waals surface area (Å²) < 4.78 is 18.6. The largest absolute Gasteiger partial charge is 0.494 e. The first-order chi connectivity index (χ1) is 18.6. The van der Waals surface area contributed by atoms with Crippen LogP contribution in [0.3, 0.4) is 0 Å². The fourth-order valence-corrected chi connectivity index (χ4v) is 7.02. The SMILES string of the molecule is CCOc1ccc(-n2c(COC(=O)COc3ccc(C4SCCCS4)cc3)nc3ccccc3c2=O)cc1. The molecule has 4 aromatic rings. The summed E-state index contributed by atoms with van der Waals surface area (Å²) in [5.41, 5.74) is 2.16. The zero-order valence-corrected chi connectivity index (χ0v) is 22.6. The van der Waals surface area contributed by atoms with Crippen molar-refractivity contribution < 1.29 is 19.0 Å². The molecule has 0 bridgehead atoms. The number of thioether (sulfide) groups is 2. The second-order valence-electron chi connectivity index (χ2n) is 8.56. The van der Waals surface area contributed by atoms with Crippen LogP contribution in [0.15, 0.2) is 77.6 Å².